The van der Waals surface area contributed by atoms with Crippen molar-refractivity contribution in [3.05, 3.63) is 53.1 Å². The molecule has 3 aromatic rings. The van der Waals surface area contributed by atoms with Crippen LogP contribution in [-0.2, 0) is 0 Å². The van der Waals surface area contributed by atoms with Gasteiger partial charge in [-0.3, -0.25) is 4.79 Å². The highest BCUT2D eigenvalue weighted by Gasteiger charge is 2.13. The van der Waals surface area contributed by atoms with Crippen molar-refractivity contribution in [1.82, 2.24) is 15.0 Å². The first-order valence-electron chi connectivity index (χ1n) is 6.95. The zero-order valence-electron chi connectivity index (χ0n) is 12.7. The second-order valence-electron chi connectivity index (χ2n) is 5.02. The minimum atomic E-state index is -0.265. The van der Waals surface area contributed by atoms with Crippen LogP contribution in [0.1, 0.15) is 9.80 Å². The molecule has 1 aromatic carbocycles. The Bertz CT molecular complexity index is 799. The largest absolute Gasteiger partial charge is 0.347 e. The summed E-state index contributed by atoms with van der Waals surface area (Å²) in [4.78, 5) is 26.7. The first-order valence-corrected chi connectivity index (χ1v) is 7.83. The average Bonchev–Trinajstić information content (AvgIpc) is 3.06. The maximum atomic E-state index is 12.2. The van der Waals surface area contributed by atoms with E-state index in [0.717, 1.165) is 11.3 Å². The molecule has 0 unspecified atom stereocenters. The fourth-order valence-electron chi connectivity index (χ4n) is 1.92. The molecule has 0 spiro atoms. The Hall–Kier alpha value is -2.80. The molecular weight excluding hydrogens is 310 g/mol. The predicted octanol–water partition coefficient (Wildman–Crippen LogP) is 2.92. The molecule has 0 aliphatic heterocycles. The van der Waals surface area contributed by atoms with E-state index >= 15 is 0 Å². The Kier molecular flexibility index (Phi) is 4.29. The first kappa shape index (κ1) is 15.1. The van der Waals surface area contributed by atoms with Crippen molar-refractivity contribution in [2.24, 2.45) is 0 Å². The fraction of sp³-hybridized carbons (Fsp3) is 0.125. The second-order valence-corrected chi connectivity index (χ2v) is 5.88. The van der Waals surface area contributed by atoms with Crippen LogP contribution in [0, 0.1) is 0 Å². The smallest absolute Gasteiger partial charge is 0.284 e. The highest BCUT2D eigenvalue weighted by molar-refractivity contribution is 7.12. The summed E-state index contributed by atoms with van der Waals surface area (Å²) in [5.74, 6) is 0.321. The molecule has 0 aliphatic rings. The highest BCUT2D eigenvalue weighted by Crippen LogP contribution is 2.22. The molecule has 1 amide bonds. The summed E-state index contributed by atoms with van der Waals surface area (Å²) in [5.41, 5.74) is 2.32. The summed E-state index contributed by atoms with van der Waals surface area (Å²) in [7, 11) is 3.71. The average molecular weight is 325 g/mol. The summed E-state index contributed by atoms with van der Waals surface area (Å²) in [6, 6.07) is 9.76. The molecule has 0 fully saturated rings. The van der Waals surface area contributed by atoms with Gasteiger partial charge in [0.2, 0.25) is 5.95 Å². The maximum Gasteiger partial charge on any atom is 0.284 e. The van der Waals surface area contributed by atoms with Crippen LogP contribution in [0.15, 0.2) is 48.1 Å². The van der Waals surface area contributed by atoms with Crippen molar-refractivity contribution in [2.75, 3.05) is 24.3 Å². The minimum Gasteiger partial charge on any atom is -0.347 e. The van der Waals surface area contributed by atoms with Crippen molar-refractivity contribution in [2.45, 2.75) is 0 Å². The number of carbonyl (C=O) groups is 1. The molecule has 116 valence electrons. The van der Waals surface area contributed by atoms with Gasteiger partial charge in [-0.15, -0.1) is 11.3 Å². The van der Waals surface area contributed by atoms with Crippen molar-refractivity contribution in [3.63, 3.8) is 0 Å². The van der Waals surface area contributed by atoms with Gasteiger partial charge in [-0.25, -0.2) is 15.0 Å². The lowest BCUT2D eigenvalue weighted by Crippen LogP contribution is -2.15. The lowest BCUT2D eigenvalue weighted by molar-refractivity contribution is 0.102. The number of nitrogens with one attached hydrogen (secondary N) is 1. The second kappa shape index (κ2) is 6.53. The van der Waals surface area contributed by atoms with E-state index in [1.54, 1.807) is 17.3 Å². The lowest BCUT2D eigenvalue weighted by Gasteiger charge is -2.09. The number of amides is 1. The monoisotopic (exact) mass is 325 g/mol. The number of rotatable bonds is 4. The number of carbonyl (C=O) groups excluding carboxylic acids is 1. The van der Waals surface area contributed by atoms with Crippen molar-refractivity contribution < 1.29 is 4.79 Å². The maximum absolute atomic E-state index is 12.2. The van der Waals surface area contributed by atoms with Crippen LogP contribution >= 0.6 is 11.3 Å². The highest BCUT2D eigenvalue weighted by atomic mass is 32.1. The van der Waals surface area contributed by atoms with Gasteiger partial charge in [0, 0.05) is 25.0 Å². The Morgan fingerprint density at radius 1 is 1.13 bits per heavy atom. The molecule has 23 heavy (non-hydrogen) atoms. The van der Waals surface area contributed by atoms with Gasteiger partial charge in [0.25, 0.3) is 5.91 Å². The first-order chi connectivity index (χ1) is 11.1. The van der Waals surface area contributed by atoms with Crippen LogP contribution in [0.25, 0.3) is 11.3 Å². The Morgan fingerprint density at radius 2 is 1.83 bits per heavy atom. The molecule has 2 heterocycles. The van der Waals surface area contributed by atoms with Gasteiger partial charge in [-0.1, -0.05) is 30.3 Å². The quantitative estimate of drug-likeness (QED) is 0.798. The van der Waals surface area contributed by atoms with E-state index in [4.69, 9.17) is 0 Å². The van der Waals surface area contributed by atoms with E-state index < -0.39 is 0 Å². The van der Waals surface area contributed by atoms with Crippen LogP contribution in [0.2, 0.25) is 0 Å². The van der Waals surface area contributed by atoms with Gasteiger partial charge in [0.15, 0.2) is 5.01 Å². The van der Waals surface area contributed by atoms with E-state index in [-0.39, 0.29) is 5.91 Å². The zero-order chi connectivity index (χ0) is 16.2. The third-order valence-electron chi connectivity index (χ3n) is 3.06. The molecule has 1 N–H and O–H groups in total. The van der Waals surface area contributed by atoms with E-state index in [1.807, 2.05) is 49.8 Å². The number of thiazole rings is 1. The molecule has 7 heteroatoms. The topological polar surface area (TPSA) is 71.0 Å². The minimum absolute atomic E-state index is 0.265. The van der Waals surface area contributed by atoms with Crippen LogP contribution in [0.5, 0.6) is 0 Å². The van der Waals surface area contributed by atoms with Crippen molar-refractivity contribution in [3.8, 4) is 11.3 Å². The number of benzene rings is 1. The summed E-state index contributed by atoms with van der Waals surface area (Å²) in [5, 5.41) is 5.03. The fourth-order valence-corrected chi connectivity index (χ4v) is 2.64. The van der Waals surface area contributed by atoms with E-state index in [2.05, 4.69) is 20.3 Å². The summed E-state index contributed by atoms with van der Waals surface area (Å²) < 4.78 is 0. The summed E-state index contributed by atoms with van der Waals surface area (Å²) in [6.07, 6.45) is 3.15. The molecule has 3 rings (SSSR count). The molecular formula is C16H15N5OS. The van der Waals surface area contributed by atoms with Crippen LogP contribution < -0.4 is 10.2 Å². The Morgan fingerprint density at radius 3 is 2.48 bits per heavy atom. The number of hydrogen-bond donors (Lipinski definition) is 1. The molecule has 0 aliphatic carbocycles. The Labute approximate surface area is 137 Å². The van der Waals surface area contributed by atoms with E-state index in [9.17, 15) is 4.79 Å². The third-order valence-corrected chi connectivity index (χ3v) is 3.91. The van der Waals surface area contributed by atoms with Crippen LogP contribution in [-0.4, -0.2) is 35.0 Å². The van der Waals surface area contributed by atoms with Gasteiger partial charge >= 0.3 is 0 Å². The van der Waals surface area contributed by atoms with Crippen molar-refractivity contribution in [1.29, 1.82) is 0 Å². The molecule has 0 atom stereocenters. The van der Waals surface area contributed by atoms with Crippen molar-refractivity contribution >= 4 is 28.9 Å². The van der Waals surface area contributed by atoms with Gasteiger partial charge in [0.1, 0.15) is 0 Å². The van der Waals surface area contributed by atoms with Gasteiger partial charge in [0.05, 0.1) is 23.8 Å². The SMILES string of the molecule is CN(C)c1ncc(NC(=O)c2nc(-c3ccccc3)cs2)cn1. The molecule has 0 bridgehead atoms. The number of anilines is 2. The van der Waals surface area contributed by atoms with E-state index in [0.29, 0.717) is 16.6 Å². The lowest BCUT2D eigenvalue weighted by atomic mass is 10.2. The predicted molar refractivity (Wildman–Crippen MR) is 91.9 cm³/mol. The molecule has 0 radical (unpaired) electrons. The molecule has 6 nitrogen and oxygen atoms in total. The number of aromatic nitrogens is 3. The van der Waals surface area contributed by atoms with E-state index in [1.165, 1.54) is 11.3 Å². The normalized spacial score (nSPS) is 10.3. The molecule has 2 aromatic heterocycles. The number of nitrogens with zero attached hydrogens (tertiary/aromatic N) is 4. The summed E-state index contributed by atoms with van der Waals surface area (Å²) >= 11 is 1.31. The summed E-state index contributed by atoms with van der Waals surface area (Å²) in [6.45, 7) is 0. The number of hydrogen-bond acceptors (Lipinski definition) is 6. The van der Waals surface area contributed by atoms with Gasteiger partial charge in [-0.05, 0) is 0 Å². The molecule has 0 saturated carbocycles. The van der Waals surface area contributed by atoms with Crippen LogP contribution in [0.3, 0.4) is 0 Å². The van der Waals surface area contributed by atoms with Gasteiger partial charge < -0.3 is 10.2 Å². The standard InChI is InChI=1S/C16H15N5OS/c1-21(2)16-17-8-12(9-18-16)19-14(22)15-20-13(10-23-15)11-6-4-3-5-7-11/h3-10H,1-2H3,(H,19,22). The zero-order valence-corrected chi connectivity index (χ0v) is 13.5. The third kappa shape index (κ3) is 3.51. The Balaban J connectivity index is 1.72. The molecule has 0 saturated heterocycles. The van der Waals surface area contributed by atoms with Gasteiger partial charge in [-0.2, -0.15) is 0 Å². The van der Waals surface area contributed by atoms with Crippen LogP contribution in [0.4, 0.5) is 11.6 Å².